The van der Waals surface area contributed by atoms with Crippen LogP contribution in [-0.4, -0.2) is 47.2 Å². The van der Waals surface area contributed by atoms with Gasteiger partial charge in [-0.05, 0) is 12.8 Å². The van der Waals surface area contributed by atoms with Crippen molar-refractivity contribution >= 4 is 15.9 Å². The number of aromatic nitrogens is 3. The normalized spacial score (nSPS) is 30.1. The molecule has 24 heavy (non-hydrogen) atoms. The average Bonchev–Trinajstić information content (AvgIpc) is 3.08. The molecular formula is C14H17N5O4S. The van der Waals surface area contributed by atoms with Crippen LogP contribution in [0.15, 0.2) is 36.5 Å². The number of primary amides is 1. The van der Waals surface area contributed by atoms with Crippen molar-refractivity contribution in [2.24, 2.45) is 10.9 Å². The maximum absolute atomic E-state index is 12.3. The number of ether oxygens (including phenoxy) is 1. The van der Waals surface area contributed by atoms with Crippen molar-refractivity contribution < 1.29 is 17.9 Å². The highest BCUT2D eigenvalue weighted by Gasteiger charge is 2.58. The number of carbonyl (C=O) groups excluding carboxylic acids is 1. The molecule has 10 heteroatoms. The summed E-state index contributed by atoms with van der Waals surface area (Å²) in [6.45, 7) is 0.435. The Bertz CT molecular complexity index is 802. The van der Waals surface area contributed by atoms with E-state index in [4.69, 9.17) is 15.6 Å². The molecule has 2 aliphatic rings. The number of rotatable bonds is 4. The lowest BCUT2D eigenvalue weighted by atomic mass is 9.68. The molecule has 0 saturated carbocycles. The third kappa shape index (κ3) is 2.52. The second kappa shape index (κ2) is 6.04. The maximum atomic E-state index is 12.3. The summed E-state index contributed by atoms with van der Waals surface area (Å²) in [4.78, 5) is 24.1. The third-order valence-corrected chi connectivity index (χ3v) is 5.60. The Morgan fingerprint density at radius 1 is 1.33 bits per heavy atom. The Morgan fingerprint density at radius 2 is 2.04 bits per heavy atom. The minimum absolute atomic E-state index is 0.0575. The molecule has 3 atom stereocenters. The van der Waals surface area contributed by atoms with Crippen molar-refractivity contribution in [3.05, 3.63) is 42.3 Å². The third-order valence-electron chi connectivity index (χ3n) is 4.36. The molecule has 3 unspecified atom stereocenters. The summed E-state index contributed by atoms with van der Waals surface area (Å²) in [5.41, 5.74) is 4.10. The van der Waals surface area contributed by atoms with Crippen LogP contribution >= 0.6 is 0 Å². The van der Waals surface area contributed by atoms with Crippen LogP contribution in [0.25, 0.3) is 0 Å². The van der Waals surface area contributed by atoms with Crippen molar-refractivity contribution in [2.75, 3.05) is 6.61 Å². The number of sulfonamides is 1. The fraction of sp³-hybridized carbons (Fsp3) is 0.429. The molecule has 0 bridgehead atoms. The van der Waals surface area contributed by atoms with Gasteiger partial charge in [-0.15, -0.1) is 0 Å². The van der Waals surface area contributed by atoms with Crippen LogP contribution in [0.1, 0.15) is 18.7 Å². The van der Waals surface area contributed by atoms with E-state index in [2.05, 4.69) is 15.0 Å². The Hall–Kier alpha value is -2.17. The zero-order chi connectivity index (χ0) is 17.4. The molecule has 0 spiro atoms. The van der Waals surface area contributed by atoms with Gasteiger partial charge in [-0.2, -0.15) is 0 Å². The molecule has 3 rings (SSSR count). The predicted octanol–water partition coefficient (Wildman–Crippen LogP) is -1.07. The molecule has 0 radical (unpaired) electrons. The Morgan fingerprint density at radius 3 is 2.58 bits per heavy atom. The van der Waals surface area contributed by atoms with Gasteiger partial charge in [0.1, 0.15) is 29.1 Å². The van der Waals surface area contributed by atoms with Crippen LogP contribution in [0.5, 0.6) is 0 Å². The Balaban J connectivity index is 2.34. The van der Waals surface area contributed by atoms with Crippen molar-refractivity contribution in [3.8, 4) is 0 Å². The SMILES string of the molecule is NC(=O)C1=CC=CC(S(N)(=O)=O)C1(c1ncncn1)C1CCCO1. The van der Waals surface area contributed by atoms with Crippen LogP contribution in [0.3, 0.4) is 0 Å². The van der Waals surface area contributed by atoms with Crippen LogP contribution in [0.4, 0.5) is 0 Å². The second-order valence-electron chi connectivity index (χ2n) is 5.67. The van der Waals surface area contributed by atoms with Gasteiger partial charge in [0.05, 0.1) is 6.10 Å². The van der Waals surface area contributed by atoms with E-state index in [0.717, 1.165) is 0 Å². The monoisotopic (exact) mass is 351 g/mol. The van der Waals surface area contributed by atoms with Crippen molar-refractivity contribution in [1.29, 1.82) is 0 Å². The van der Waals surface area contributed by atoms with Gasteiger partial charge in [0.15, 0.2) is 0 Å². The fourth-order valence-electron chi connectivity index (χ4n) is 3.49. The largest absolute Gasteiger partial charge is 0.377 e. The van der Waals surface area contributed by atoms with E-state index < -0.39 is 32.7 Å². The van der Waals surface area contributed by atoms with Gasteiger partial charge in [-0.3, -0.25) is 4.79 Å². The van der Waals surface area contributed by atoms with E-state index in [9.17, 15) is 13.2 Å². The lowest BCUT2D eigenvalue weighted by Gasteiger charge is -2.42. The van der Waals surface area contributed by atoms with E-state index >= 15 is 0 Å². The molecule has 1 fully saturated rings. The molecule has 2 heterocycles. The molecule has 9 nitrogen and oxygen atoms in total. The first kappa shape index (κ1) is 16.7. The number of hydrogen-bond acceptors (Lipinski definition) is 7. The minimum Gasteiger partial charge on any atom is -0.377 e. The average molecular weight is 351 g/mol. The number of hydrogen-bond donors (Lipinski definition) is 2. The first-order valence-electron chi connectivity index (χ1n) is 7.33. The smallest absolute Gasteiger partial charge is 0.245 e. The van der Waals surface area contributed by atoms with Crippen LogP contribution in [-0.2, 0) is 25.0 Å². The zero-order valence-corrected chi connectivity index (χ0v) is 13.5. The topological polar surface area (TPSA) is 151 Å². The molecule has 1 aromatic rings. The maximum Gasteiger partial charge on any atom is 0.245 e. The van der Waals surface area contributed by atoms with Gasteiger partial charge < -0.3 is 10.5 Å². The van der Waals surface area contributed by atoms with E-state index in [0.29, 0.717) is 19.4 Å². The Kier molecular flexibility index (Phi) is 4.20. The second-order valence-corrected chi connectivity index (χ2v) is 7.36. The molecule has 1 amide bonds. The van der Waals surface area contributed by atoms with Gasteiger partial charge in [-0.25, -0.2) is 28.5 Å². The fourth-order valence-corrected chi connectivity index (χ4v) is 4.70. The first-order valence-corrected chi connectivity index (χ1v) is 8.94. The van der Waals surface area contributed by atoms with E-state index in [-0.39, 0.29) is 11.4 Å². The molecule has 4 N–H and O–H groups in total. The molecule has 1 saturated heterocycles. The number of primary sulfonamides is 1. The first-order chi connectivity index (χ1) is 11.4. The van der Waals surface area contributed by atoms with Crippen LogP contribution in [0.2, 0.25) is 0 Å². The van der Waals surface area contributed by atoms with Gasteiger partial charge in [-0.1, -0.05) is 18.2 Å². The van der Waals surface area contributed by atoms with E-state index in [1.54, 1.807) is 0 Å². The summed E-state index contributed by atoms with van der Waals surface area (Å²) in [7, 11) is -4.10. The van der Waals surface area contributed by atoms with E-state index in [1.807, 2.05) is 0 Å². The Labute approximate surface area is 138 Å². The lowest BCUT2D eigenvalue weighted by Crippen LogP contribution is -2.58. The highest BCUT2D eigenvalue weighted by Crippen LogP contribution is 2.46. The molecule has 128 valence electrons. The standard InChI is InChI=1S/C14H17N5O4S/c15-12(20)9-3-1-5-11(24(16,21)22)14(9,10-4-2-6-23-10)13-18-7-17-8-19-13/h1,3,5,7-8,10-11H,2,4,6H2,(H2,15,20)(H2,16,21,22). The quantitative estimate of drug-likeness (QED) is 0.700. The summed E-state index contributed by atoms with van der Waals surface area (Å²) in [5.74, 6) is -0.679. The van der Waals surface area contributed by atoms with E-state index in [1.165, 1.54) is 30.9 Å². The number of nitrogens with zero attached hydrogens (tertiary/aromatic N) is 3. The van der Waals surface area contributed by atoms with Gasteiger partial charge in [0.2, 0.25) is 15.9 Å². The minimum atomic E-state index is -4.10. The number of amides is 1. The molecule has 1 aliphatic heterocycles. The van der Waals surface area contributed by atoms with Crippen molar-refractivity contribution in [1.82, 2.24) is 15.0 Å². The molecule has 0 aromatic carbocycles. The lowest BCUT2D eigenvalue weighted by molar-refractivity contribution is -0.116. The van der Waals surface area contributed by atoms with Gasteiger partial charge in [0.25, 0.3) is 0 Å². The van der Waals surface area contributed by atoms with Gasteiger partial charge in [0, 0.05) is 12.2 Å². The summed E-state index contributed by atoms with van der Waals surface area (Å²) < 4.78 is 30.4. The van der Waals surface area contributed by atoms with Crippen molar-refractivity contribution in [2.45, 2.75) is 29.6 Å². The van der Waals surface area contributed by atoms with Crippen LogP contribution in [0, 0.1) is 0 Å². The highest BCUT2D eigenvalue weighted by molar-refractivity contribution is 7.90. The molecule has 1 aliphatic carbocycles. The highest BCUT2D eigenvalue weighted by atomic mass is 32.2. The molecular weight excluding hydrogens is 334 g/mol. The van der Waals surface area contributed by atoms with Gasteiger partial charge >= 0.3 is 0 Å². The zero-order valence-electron chi connectivity index (χ0n) is 12.7. The number of carbonyl (C=O) groups is 1. The predicted molar refractivity (Wildman–Crippen MR) is 83.8 cm³/mol. The summed E-state index contributed by atoms with van der Waals surface area (Å²) in [6.07, 6.45) is 7.38. The van der Waals surface area contributed by atoms with Crippen LogP contribution < -0.4 is 10.9 Å². The number of nitrogens with two attached hydrogens (primary N) is 2. The summed E-state index contributed by atoms with van der Waals surface area (Å²) in [5, 5.41) is 4.19. The number of allylic oxidation sites excluding steroid dienone is 2. The molecule has 1 aromatic heterocycles. The summed E-state index contributed by atoms with van der Waals surface area (Å²) >= 11 is 0. The van der Waals surface area contributed by atoms with Crippen molar-refractivity contribution in [3.63, 3.8) is 0 Å². The summed E-state index contributed by atoms with van der Waals surface area (Å²) in [6, 6.07) is 0.